The molecule has 32 heavy (non-hydrogen) atoms. The molecule has 3 rings (SSSR count). The predicted octanol–water partition coefficient (Wildman–Crippen LogP) is 3.14. The lowest BCUT2D eigenvalue weighted by atomic mass is 10.1. The summed E-state index contributed by atoms with van der Waals surface area (Å²) < 4.78 is 42.5. The van der Waals surface area contributed by atoms with Gasteiger partial charge in [-0.1, -0.05) is 12.1 Å². The fourth-order valence-corrected chi connectivity index (χ4v) is 4.03. The third-order valence-electron chi connectivity index (χ3n) is 4.76. The van der Waals surface area contributed by atoms with Crippen LogP contribution in [0.1, 0.15) is 11.3 Å². The lowest BCUT2D eigenvalue weighted by Crippen LogP contribution is -2.22. The Balaban J connectivity index is 1.83. The Hall–Kier alpha value is -3.55. The van der Waals surface area contributed by atoms with Crippen molar-refractivity contribution in [3.63, 3.8) is 0 Å². The van der Waals surface area contributed by atoms with E-state index >= 15 is 0 Å². The van der Waals surface area contributed by atoms with Gasteiger partial charge in [0.1, 0.15) is 22.5 Å². The van der Waals surface area contributed by atoms with Gasteiger partial charge < -0.3 is 19.2 Å². The molecule has 0 atom stereocenters. The number of benzene rings is 2. The molecule has 0 fully saturated rings. The van der Waals surface area contributed by atoms with Crippen molar-refractivity contribution in [3.05, 3.63) is 53.7 Å². The first kappa shape index (κ1) is 23.1. The number of rotatable bonds is 9. The number of oxazole rings is 1. The first-order valence-electron chi connectivity index (χ1n) is 9.68. The molecule has 0 unspecified atom stereocenters. The molecule has 0 saturated carbocycles. The fourth-order valence-electron chi connectivity index (χ4n) is 2.96. The molecule has 0 radical (unpaired) electrons. The van der Waals surface area contributed by atoms with Crippen molar-refractivity contribution in [1.29, 1.82) is 5.26 Å². The molecule has 9 nitrogen and oxygen atoms in total. The van der Waals surface area contributed by atoms with E-state index < -0.39 is 10.0 Å². The highest BCUT2D eigenvalue weighted by molar-refractivity contribution is 7.89. The van der Waals surface area contributed by atoms with Crippen LogP contribution in [0.15, 0.2) is 51.8 Å². The maximum Gasteiger partial charge on any atom is 0.246 e. The third-order valence-corrected chi connectivity index (χ3v) is 6.60. The van der Waals surface area contributed by atoms with Gasteiger partial charge in [0.25, 0.3) is 0 Å². The SMILES string of the molecule is COc1ccc(CCNc2oc(-c3ccc(OC)c(S(=O)(=O)N(C)C)c3)nc2C#N)cc1. The minimum Gasteiger partial charge on any atom is -0.497 e. The van der Waals surface area contributed by atoms with Gasteiger partial charge in [0.2, 0.25) is 27.5 Å². The van der Waals surface area contributed by atoms with Gasteiger partial charge in [-0.15, -0.1) is 0 Å². The van der Waals surface area contributed by atoms with E-state index in [2.05, 4.69) is 10.3 Å². The lowest BCUT2D eigenvalue weighted by molar-refractivity contribution is 0.400. The number of hydrogen-bond acceptors (Lipinski definition) is 8. The predicted molar refractivity (Wildman–Crippen MR) is 119 cm³/mol. The average molecular weight is 457 g/mol. The van der Waals surface area contributed by atoms with Crippen LogP contribution in [-0.4, -0.2) is 52.6 Å². The highest BCUT2D eigenvalue weighted by Crippen LogP contribution is 2.32. The van der Waals surface area contributed by atoms with Crippen molar-refractivity contribution in [2.24, 2.45) is 0 Å². The van der Waals surface area contributed by atoms with Crippen molar-refractivity contribution in [2.45, 2.75) is 11.3 Å². The number of sulfonamides is 1. The van der Waals surface area contributed by atoms with Crippen LogP contribution >= 0.6 is 0 Å². The number of nitrogens with zero attached hydrogens (tertiary/aromatic N) is 3. The second kappa shape index (κ2) is 9.72. The molecular weight excluding hydrogens is 432 g/mol. The summed E-state index contributed by atoms with van der Waals surface area (Å²) in [4.78, 5) is 4.19. The van der Waals surface area contributed by atoms with Crippen LogP contribution in [-0.2, 0) is 16.4 Å². The van der Waals surface area contributed by atoms with Gasteiger partial charge in [-0.05, 0) is 42.3 Å². The van der Waals surface area contributed by atoms with Crippen molar-refractivity contribution in [2.75, 3.05) is 40.2 Å². The quantitative estimate of drug-likeness (QED) is 0.522. The molecule has 10 heteroatoms. The van der Waals surface area contributed by atoms with Gasteiger partial charge in [-0.2, -0.15) is 10.2 Å². The second-order valence-corrected chi connectivity index (χ2v) is 9.11. The number of anilines is 1. The highest BCUT2D eigenvalue weighted by atomic mass is 32.2. The van der Waals surface area contributed by atoms with E-state index in [9.17, 15) is 13.7 Å². The lowest BCUT2D eigenvalue weighted by Gasteiger charge is -2.15. The summed E-state index contributed by atoms with van der Waals surface area (Å²) in [6, 6.07) is 14.3. The van der Waals surface area contributed by atoms with E-state index in [-0.39, 0.29) is 28.1 Å². The molecule has 1 aromatic heterocycles. The molecule has 0 amide bonds. The maximum atomic E-state index is 12.7. The maximum absolute atomic E-state index is 12.7. The largest absolute Gasteiger partial charge is 0.497 e. The van der Waals surface area contributed by atoms with Crippen LogP contribution in [0.3, 0.4) is 0 Å². The Morgan fingerprint density at radius 1 is 1.12 bits per heavy atom. The summed E-state index contributed by atoms with van der Waals surface area (Å²) in [6.45, 7) is 0.512. The zero-order valence-corrected chi connectivity index (χ0v) is 19.1. The number of nitriles is 1. The Morgan fingerprint density at radius 3 is 2.44 bits per heavy atom. The molecule has 3 aromatic rings. The van der Waals surface area contributed by atoms with Crippen molar-refractivity contribution in [1.82, 2.24) is 9.29 Å². The highest BCUT2D eigenvalue weighted by Gasteiger charge is 2.24. The monoisotopic (exact) mass is 456 g/mol. The fraction of sp³-hybridized carbons (Fsp3) is 0.273. The van der Waals surface area contributed by atoms with E-state index in [1.165, 1.54) is 33.3 Å². The van der Waals surface area contributed by atoms with Crippen LogP contribution in [0.4, 0.5) is 5.88 Å². The van der Waals surface area contributed by atoms with Gasteiger partial charge >= 0.3 is 0 Å². The van der Waals surface area contributed by atoms with E-state index in [0.717, 1.165) is 15.6 Å². The molecule has 0 spiro atoms. The summed E-state index contributed by atoms with van der Waals surface area (Å²) in [7, 11) is 2.12. The smallest absolute Gasteiger partial charge is 0.246 e. The molecule has 0 aliphatic rings. The normalized spacial score (nSPS) is 11.2. The van der Waals surface area contributed by atoms with E-state index in [1.54, 1.807) is 13.2 Å². The summed E-state index contributed by atoms with van der Waals surface area (Å²) >= 11 is 0. The topological polar surface area (TPSA) is 118 Å². The summed E-state index contributed by atoms with van der Waals surface area (Å²) in [5, 5.41) is 12.5. The van der Waals surface area contributed by atoms with Gasteiger partial charge in [-0.25, -0.2) is 12.7 Å². The zero-order chi connectivity index (χ0) is 23.3. The van der Waals surface area contributed by atoms with Gasteiger partial charge in [0.05, 0.1) is 14.2 Å². The molecule has 0 aliphatic carbocycles. The molecule has 0 saturated heterocycles. The molecule has 1 heterocycles. The van der Waals surface area contributed by atoms with E-state index in [1.807, 2.05) is 30.3 Å². The van der Waals surface area contributed by atoms with Gasteiger partial charge in [-0.3, -0.25) is 0 Å². The van der Waals surface area contributed by atoms with Crippen LogP contribution in [0, 0.1) is 11.3 Å². The average Bonchev–Trinajstić information content (AvgIpc) is 3.22. The van der Waals surface area contributed by atoms with Gasteiger partial charge in [0.15, 0.2) is 0 Å². The minimum atomic E-state index is -3.76. The number of aromatic nitrogens is 1. The van der Waals surface area contributed by atoms with Crippen molar-refractivity contribution < 1.29 is 22.3 Å². The molecule has 0 aliphatic heterocycles. The molecule has 2 aromatic carbocycles. The standard InChI is InChI=1S/C22H24N4O5S/c1-26(2)32(27,28)20-13-16(7-10-19(20)30-4)21-25-18(14-23)22(31-21)24-12-11-15-5-8-17(29-3)9-6-15/h5-10,13,24H,11-12H2,1-4H3. The van der Waals surface area contributed by atoms with Crippen LogP contribution < -0.4 is 14.8 Å². The summed E-state index contributed by atoms with van der Waals surface area (Å²) in [5.74, 6) is 1.34. The number of ether oxygens (including phenoxy) is 2. The number of hydrogen-bond donors (Lipinski definition) is 1. The minimum absolute atomic E-state index is 0.0202. The Labute approximate surface area is 187 Å². The Kier molecular flexibility index (Phi) is 7.02. The van der Waals surface area contributed by atoms with Gasteiger partial charge in [0, 0.05) is 26.2 Å². The Bertz CT molecular complexity index is 1230. The summed E-state index contributed by atoms with van der Waals surface area (Å²) in [6.07, 6.45) is 0.693. The molecule has 1 N–H and O–H groups in total. The third kappa shape index (κ3) is 4.85. The van der Waals surface area contributed by atoms with Crippen LogP contribution in [0.2, 0.25) is 0 Å². The Morgan fingerprint density at radius 2 is 1.84 bits per heavy atom. The van der Waals surface area contributed by atoms with Crippen molar-refractivity contribution in [3.8, 4) is 29.0 Å². The summed E-state index contributed by atoms with van der Waals surface area (Å²) in [5.41, 5.74) is 1.58. The number of nitrogens with one attached hydrogen (secondary N) is 1. The molecule has 168 valence electrons. The van der Waals surface area contributed by atoms with E-state index in [4.69, 9.17) is 13.9 Å². The van der Waals surface area contributed by atoms with Crippen LogP contribution in [0.25, 0.3) is 11.5 Å². The first-order chi connectivity index (χ1) is 15.3. The molecular formula is C22H24N4O5S. The zero-order valence-electron chi connectivity index (χ0n) is 18.2. The van der Waals surface area contributed by atoms with Crippen molar-refractivity contribution >= 4 is 15.9 Å². The first-order valence-corrected chi connectivity index (χ1v) is 11.1. The molecule has 0 bridgehead atoms. The second-order valence-electron chi connectivity index (χ2n) is 6.99. The van der Waals surface area contributed by atoms with Crippen LogP contribution in [0.5, 0.6) is 11.5 Å². The van der Waals surface area contributed by atoms with E-state index in [0.29, 0.717) is 18.5 Å². The number of methoxy groups -OCH3 is 2.